The molecule has 0 unspecified atom stereocenters. The summed E-state index contributed by atoms with van der Waals surface area (Å²) < 4.78 is 78.5. The molecule has 0 radical (unpaired) electrons. The van der Waals surface area contributed by atoms with Crippen LogP contribution in [0.15, 0.2) is 155 Å². The quantitative estimate of drug-likeness (QED) is 0.0118. The van der Waals surface area contributed by atoms with Gasteiger partial charge in [0.05, 0.1) is 66.9 Å². The number of phenols is 3. The minimum absolute atomic E-state index is 0.00284. The third kappa shape index (κ3) is 12.4. The molecule has 0 saturated heterocycles. The van der Waals surface area contributed by atoms with Gasteiger partial charge < -0.3 is 31.1 Å². The molecule has 0 atom stereocenters. The van der Waals surface area contributed by atoms with Crippen LogP contribution in [0.2, 0.25) is 0 Å². The second-order valence-corrected chi connectivity index (χ2v) is 19.2. The van der Waals surface area contributed by atoms with Gasteiger partial charge in [-0.2, -0.15) is 42.0 Å². The molecule has 8 aromatic rings. The Morgan fingerprint density at radius 1 is 0.630 bits per heavy atom. The number of fused-ring (bicyclic) bond motifs is 2. The van der Waals surface area contributed by atoms with Gasteiger partial charge in [0.15, 0.2) is 5.75 Å². The van der Waals surface area contributed by atoms with Gasteiger partial charge in [0, 0.05) is 28.5 Å². The first kappa shape index (κ1) is 51.4. The number of nitrogens with zero attached hydrogens (tertiary/aromatic N) is 7. The summed E-state index contributed by atoms with van der Waals surface area (Å²) in [6, 6.07) is 26.5. The molecule has 0 fully saturated rings. The average Bonchev–Trinajstić information content (AvgIpc) is 3.34. The van der Waals surface area contributed by atoms with Crippen LogP contribution in [0.3, 0.4) is 0 Å². The van der Waals surface area contributed by atoms with Crippen LogP contribution >= 0.6 is 24.1 Å². The van der Waals surface area contributed by atoms with Crippen molar-refractivity contribution in [2.24, 2.45) is 20.5 Å². The summed E-state index contributed by atoms with van der Waals surface area (Å²) in [4.78, 5) is 23.5. The van der Waals surface area contributed by atoms with Gasteiger partial charge in [-0.05, 0) is 95.2 Å². The Labute approximate surface area is 417 Å². The van der Waals surface area contributed by atoms with Crippen molar-refractivity contribution in [1.29, 1.82) is 0 Å². The van der Waals surface area contributed by atoms with Crippen LogP contribution in [0.1, 0.15) is 21.7 Å². The lowest BCUT2D eigenvalue weighted by molar-refractivity contribution is -0.432. The maximum Gasteiger partial charge on any atom is 0.339 e. The summed E-state index contributed by atoms with van der Waals surface area (Å²) in [7, 11) is -9.82. The smallest absolute Gasteiger partial charge is 0.339 e. The summed E-state index contributed by atoms with van der Waals surface area (Å²) in [6.07, 6.45) is 0.0628. The number of aromatic hydroxyl groups is 3. The fourth-order valence-corrected chi connectivity index (χ4v) is 8.91. The zero-order valence-electron chi connectivity index (χ0n) is 36.2. The number of rotatable bonds is 19. The molecule has 0 aliphatic rings. The van der Waals surface area contributed by atoms with Crippen LogP contribution in [0.5, 0.6) is 17.2 Å². The van der Waals surface area contributed by atoms with Gasteiger partial charge in [0.1, 0.15) is 28.6 Å². The second-order valence-electron chi connectivity index (χ2n) is 14.8. The molecule has 1 aromatic heterocycles. The van der Waals surface area contributed by atoms with Crippen LogP contribution in [0.25, 0.3) is 21.5 Å². The van der Waals surface area contributed by atoms with E-state index < -0.39 is 58.9 Å². The van der Waals surface area contributed by atoms with Crippen molar-refractivity contribution in [3.8, 4) is 17.2 Å². The first-order valence-corrected chi connectivity index (χ1v) is 24.4. The summed E-state index contributed by atoms with van der Waals surface area (Å²) in [5.41, 5.74) is 0.513. The minimum Gasteiger partial charge on any atom is -0.507 e. The predicted molar refractivity (Wildman–Crippen MR) is 258 cm³/mol. The number of aromatic carboxylic acids is 1. The normalized spacial score (nSPS) is 12.1. The Kier molecular flexibility index (Phi) is 15.3. The fourth-order valence-electron chi connectivity index (χ4n) is 6.89. The number of anilines is 4. The van der Waals surface area contributed by atoms with Gasteiger partial charge >= 0.3 is 5.97 Å². The fraction of sp³-hybridized carbons (Fsp3) is 0.0233. The van der Waals surface area contributed by atoms with E-state index in [1.54, 1.807) is 54.6 Å². The van der Waals surface area contributed by atoms with Crippen molar-refractivity contribution in [3.05, 3.63) is 132 Å². The number of azo groups is 2. The van der Waals surface area contributed by atoms with Crippen LogP contribution in [0, 0.1) is 0 Å². The predicted octanol–water partition coefficient (Wildman–Crippen LogP) is 10.3. The molecule has 30 heteroatoms. The van der Waals surface area contributed by atoms with E-state index >= 15 is 0 Å². The summed E-state index contributed by atoms with van der Waals surface area (Å²) in [5, 5.41) is 89.6. The molecule has 10 N–H and O–H groups in total. The van der Waals surface area contributed by atoms with Gasteiger partial charge in [0.2, 0.25) is 11.9 Å². The molecule has 0 bridgehead atoms. The molecule has 0 saturated carbocycles. The van der Waals surface area contributed by atoms with E-state index in [1.807, 2.05) is 0 Å². The van der Waals surface area contributed by atoms with E-state index in [-0.39, 0.29) is 90.1 Å². The first-order valence-electron chi connectivity index (χ1n) is 20.1. The number of carboxylic acid groups (broad SMARTS) is 1. The van der Waals surface area contributed by atoms with Gasteiger partial charge in [-0.15, -0.1) is 18.9 Å². The Hall–Kier alpha value is -7.98. The van der Waals surface area contributed by atoms with Crippen LogP contribution < -0.4 is 10.6 Å². The maximum absolute atomic E-state index is 12.7. The highest BCUT2D eigenvalue weighted by molar-refractivity contribution is 7.95. The monoisotopic (exact) mass is 1070 g/mol. The molecule has 0 amide bonds. The number of nitrogens with one attached hydrogen (secondary N) is 2. The lowest BCUT2D eigenvalue weighted by Crippen LogP contribution is -2.09. The zero-order valence-corrected chi connectivity index (χ0v) is 39.5. The Morgan fingerprint density at radius 3 is 1.93 bits per heavy atom. The SMILES string of the molecule is O=C(O)c1cc(/N=N/c2ccc(Cc3nc(Nc4ccccc4)nc(Nc4cc(S(=O)(=O)O)cc5cc(SOOO)c(/N=N/c6cc(SOOO)cc7cc(S(=O)(=O)O)cc(O)c67)c(O)c45)n3)cc2)ccc1O. The molecule has 7 aromatic carbocycles. The topological polar surface area (TPSA) is 396 Å². The van der Waals surface area contributed by atoms with Crippen molar-refractivity contribution in [2.75, 3.05) is 10.6 Å². The summed E-state index contributed by atoms with van der Waals surface area (Å²) in [5.74, 6) is -3.28. The number of para-hydroxylation sites is 1. The highest BCUT2D eigenvalue weighted by Crippen LogP contribution is 2.48. The molecule has 8 rings (SSSR count). The van der Waals surface area contributed by atoms with E-state index in [2.05, 4.69) is 64.8 Å². The van der Waals surface area contributed by atoms with Crippen molar-refractivity contribution in [3.63, 3.8) is 0 Å². The van der Waals surface area contributed by atoms with Crippen LogP contribution in [-0.4, -0.2) is 77.8 Å². The Balaban J connectivity index is 1.22. The third-order valence-electron chi connectivity index (χ3n) is 9.99. The molecule has 0 aliphatic carbocycles. The first-order chi connectivity index (χ1) is 34.9. The number of carboxylic acids is 1. The van der Waals surface area contributed by atoms with E-state index in [9.17, 15) is 51.2 Å². The van der Waals surface area contributed by atoms with Crippen LogP contribution in [0.4, 0.5) is 46.0 Å². The second kappa shape index (κ2) is 21.8. The highest BCUT2D eigenvalue weighted by atomic mass is 32.2. The van der Waals surface area contributed by atoms with Crippen molar-refractivity contribution >= 4 is 118 Å². The maximum atomic E-state index is 12.7. The van der Waals surface area contributed by atoms with E-state index in [4.69, 9.17) is 10.5 Å². The lowest BCUT2D eigenvalue weighted by Gasteiger charge is -2.16. The number of hydrogen-bond acceptors (Lipinski definition) is 25. The van der Waals surface area contributed by atoms with E-state index in [1.165, 1.54) is 30.3 Å². The molecule has 0 aliphatic heterocycles. The van der Waals surface area contributed by atoms with Gasteiger partial charge in [-0.25, -0.2) is 15.3 Å². The number of benzene rings is 7. The highest BCUT2D eigenvalue weighted by Gasteiger charge is 2.24. The molecule has 0 spiro atoms. The summed E-state index contributed by atoms with van der Waals surface area (Å²) in [6.45, 7) is 0. The molecule has 73 heavy (non-hydrogen) atoms. The van der Waals surface area contributed by atoms with E-state index in [0.717, 1.165) is 30.3 Å². The molecule has 26 nitrogen and oxygen atoms in total. The van der Waals surface area contributed by atoms with Crippen molar-refractivity contribution in [1.82, 2.24) is 15.0 Å². The standard InChI is InChI=1S/C43H31N9O17S4/c53-33-11-10-26(17-30(33)41(56)57)50-49-25-8-6-21(7-9-25)12-36-46-42(44-24-4-2-1-3-5-24)48-43(47-36)45-31-19-28(72(60,61)62)15-23-16-35(71-69-67-59)39(40(55)38(23)31)52-51-32-18-27(70-68-66-58)13-22-14-29(73(63,64)65)20-34(54)37(22)32/h1-11,13-20,53-55,58-59H,12H2,(H,56,57)(H,60,61,62)(H,63,64,65)(H2,44,45,46,47,48)/b50-49+,52-51+. The van der Waals surface area contributed by atoms with E-state index in [0.29, 0.717) is 29.0 Å². The number of aromatic nitrogens is 3. The summed E-state index contributed by atoms with van der Waals surface area (Å²) >= 11 is 0.669. The van der Waals surface area contributed by atoms with Crippen molar-refractivity contribution in [2.45, 2.75) is 26.0 Å². The van der Waals surface area contributed by atoms with Crippen LogP contribution in [-0.2, 0) is 45.4 Å². The Morgan fingerprint density at radius 2 is 1.26 bits per heavy atom. The zero-order chi connectivity index (χ0) is 52.0. The molecule has 1 heterocycles. The van der Waals surface area contributed by atoms with Gasteiger partial charge in [0.25, 0.3) is 20.2 Å². The third-order valence-corrected chi connectivity index (χ3v) is 12.8. The van der Waals surface area contributed by atoms with Crippen molar-refractivity contribution < 1.29 is 80.4 Å². The van der Waals surface area contributed by atoms with Gasteiger partial charge in [-0.3, -0.25) is 9.11 Å². The van der Waals surface area contributed by atoms with Gasteiger partial charge in [-0.1, -0.05) is 40.4 Å². The lowest BCUT2D eigenvalue weighted by atomic mass is 10.1. The number of phenolic OH excluding ortho intramolecular Hbond substituents is 2. The largest absolute Gasteiger partial charge is 0.507 e. The minimum atomic E-state index is -4.98. The Bertz CT molecular complexity index is 3730. The number of carbonyl (C=O) groups is 1. The molecule has 374 valence electrons. The number of hydrogen-bond donors (Lipinski definition) is 10. The molecular weight excluding hydrogens is 1040 g/mol. The molecular formula is C43H31N9O17S4. The average molecular weight is 1070 g/mol.